The highest BCUT2D eigenvalue weighted by atomic mass is 127. The van der Waals surface area contributed by atoms with Crippen molar-refractivity contribution in [2.24, 2.45) is 0 Å². The van der Waals surface area contributed by atoms with E-state index in [1.807, 2.05) is 30.1 Å². The van der Waals surface area contributed by atoms with Gasteiger partial charge in [0.05, 0.1) is 14.6 Å². The SMILES string of the molecule is Cc1nc2ccccc2n1Cc1ccc(C(=O)N(C)C2CCN(C3(I)CCC3)C2)c2ccccc12. The highest BCUT2D eigenvalue weighted by Crippen LogP contribution is 2.45. The highest BCUT2D eigenvalue weighted by molar-refractivity contribution is 14.1. The summed E-state index contributed by atoms with van der Waals surface area (Å²) < 4.78 is 2.58. The Morgan fingerprint density at radius 1 is 1.09 bits per heavy atom. The molecule has 1 aliphatic heterocycles. The fourth-order valence-electron chi connectivity index (χ4n) is 5.81. The molecule has 1 saturated heterocycles. The van der Waals surface area contributed by atoms with E-state index in [0.717, 1.165) is 59.2 Å². The van der Waals surface area contributed by atoms with Crippen molar-refractivity contribution in [2.45, 2.75) is 48.7 Å². The van der Waals surface area contributed by atoms with Gasteiger partial charge in [0.1, 0.15) is 5.82 Å². The van der Waals surface area contributed by atoms with Crippen LogP contribution in [0.5, 0.6) is 0 Å². The zero-order valence-electron chi connectivity index (χ0n) is 20.4. The van der Waals surface area contributed by atoms with Gasteiger partial charge in [-0.2, -0.15) is 0 Å². The summed E-state index contributed by atoms with van der Waals surface area (Å²) in [5.74, 6) is 1.13. The molecule has 180 valence electrons. The molecule has 1 unspecified atom stereocenters. The molecule has 2 heterocycles. The molecular weight excluding hydrogens is 547 g/mol. The van der Waals surface area contributed by atoms with Crippen molar-refractivity contribution in [1.29, 1.82) is 0 Å². The van der Waals surface area contributed by atoms with Gasteiger partial charge >= 0.3 is 0 Å². The molecule has 1 atom stereocenters. The van der Waals surface area contributed by atoms with E-state index in [1.165, 1.54) is 24.8 Å². The first-order valence-corrected chi connectivity index (χ1v) is 13.7. The molecule has 5 nitrogen and oxygen atoms in total. The van der Waals surface area contributed by atoms with Gasteiger partial charge in [-0.1, -0.05) is 65.1 Å². The lowest BCUT2D eigenvalue weighted by molar-refractivity contribution is 0.0716. The molecule has 35 heavy (non-hydrogen) atoms. The van der Waals surface area contributed by atoms with Crippen molar-refractivity contribution >= 4 is 50.3 Å². The molecule has 6 rings (SSSR count). The van der Waals surface area contributed by atoms with Gasteiger partial charge in [0.15, 0.2) is 0 Å². The molecule has 1 amide bonds. The molecule has 1 aliphatic carbocycles. The summed E-state index contributed by atoms with van der Waals surface area (Å²) in [5, 5.41) is 2.17. The van der Waals surface area contributed by atoms with Crippen molar-refractivity contribution in [3.8, 4) is 0 Å². The van der Waals surface area contributed by atoms with Crippen molar-refractivity contribution in [2.75, 3.05) is 20.1 Å². The number of likely N-dealkylation sites (tertiary alicyclic amines) is 1. The van der Waals surface area contributed by atoms with Crippen LogP contribution in [0.4, 0.5) is 0 Å². The summed E-state index contributed by atoms with van der Waals surface area (Å²) in [5.41, 5.74) is 4.16. The number of rotatable bonds is 5. The number of benzene rings is 3. The minimum Gasteiger partial charge on any atom is -0.337 e. The summed E-state index contributed by atoms with van der Waals surface area (Å²) in [4.78, 5) is 23.1. The highest BCUT2D eigenvalue weighted by Gasteiger charge is 2.44. The number of hydrogen-bond acceptors (Lipinski definition) is 3. The van der Waals surface area contributed by atoms with Crippen molar-refractivity contribution in [1.82, 2.24) is 19.4 Å². The third kappa shape index (κ3) is 3.95. The van der Waals surface area contributed by atoms with Crippen LogP contribution in [-0.4, -0.2) is 55.0 Å². The van der Waals surface area contributed by atoms with Gasteiger partial charge in [-0.25, -0.2) is 4.98 Å². The van der Waals surface area contributed by atoms with E-state index in [2.05, 4.69) is 81.4 Å². The maximum atomic E-state index is 13.7. The van der Waals surface area contributed by atoms with Crippen LogP contribution in [-0.2, 0) is 6.54 Å². The van der Waals surface area contributed by atoms with Gasteiger partial charge < -0.3 is 9.47 Å². The number of fused-ring (bicyclic) bond motifs is 2. The standard InChI is InChI=1S/C29H31IN4O/c1-20-31-26-10-5-6-11-27(26)34(20)18-21-12-13-25(24-9-4-3-8-23(21)24)28(35)32(2)22-14-17-33(19-22)29(30)15-7-16-29/h3-6,8-13,22H,7,14-19H2,1-2H3. The molecule has 1 saturated carbocycles. The number of carbonyl (C=O) groups excluding carboxylic acids is 1. The first-order chi connectivity index (χ1) is 16.9. The number of likely N-dealkylation sites (N-methyl/N-ethyl adjacent to an activating group) is 1. The zero-order valence-corrected chi connectivity index (χ0v) is 22.5. The second kappa shape index (κ2) is 8.89. The summed E-state index contributed by atoms with van der Waals surface area (Å²) in [6, 6.07) is 21.0. The van der Waals surface area contributed by atoms with Gasteiger partial charge in [-0.15, -0.1) is 0 Å². The maximum absolute atomic E-state index is 13.7. The number of aromatic nitrogens is 2. The fraction of sp³-hybridized carbons (Fsp3) is 0.379. The van der Waals surface area contributed by atoms with Crippen LogP contribution in [0, 0.1) is 6.92 Å². The molecule has 2 aliphatic rings. The van der Waals surface area contributed by atoms with E-state index in [1.54, 1.807) is 0 Å². The average molecular weight is 578 g/mol. The van der Waals surface area contributed by atoms with E-state index in [-0.39, 0.29) is 11.9 Å². The van der Waals surface area contributed by atoms with Crippen molar-refractivity contribution < 1.29 is 4.79 Å². The number of hydrogen-bond donors (Lipinski definition) is 0. The number of carbonyl (C=O) groups is 1. The predicted molar refractivity (Wildman–Crippen MR) is 150 cm³/mol. The van der Waals surface area contributed by atoms with Crippen LogP contribution in [0.1, 0.15) is 47.4 Å². The smallest absolute Gasteiger partial charge is 0.254 e. The van der Waals surface area contributed by atoms with Gasteiger partial charge in [0.25, 0.3) is 5.91 Å². The number of alkyl halides is 1. The number of aryl methyl sites for hydroxylation is 1. The molecular formula is C29H31IN4O. The Morgan fingerprint density at radius 3 is 2.60 bits per heavy atom. The molecule has 0 N–H and O–H groups in total. The third-order valence-electron chi connectivity index (χ3n) is 8.14. The number of nitrogens with zero attached hydrogens (tertiary/aromatic N) is 4. The maximum Gasteiger partial charge on any atom is 0.254 e. The molecule has 4 aromatic rings. The second-order valence-corrected chi connectivity index (χ2v) is 12.1. The lowest BCUT2D eigenvalue weighted by Gasteiger charge is -2.44. The van der Waals surface area contributed by atoms with Crippen LogP contribution >= 0.6 is 22.6 Å². The minimum atomic E-state index is 0.125. The van der Waals surface area contributed by atoms with Crippen LogP contribution in [0.15, 0.2) is 60.7 Å². The second-order valence-electron chi connectivity index (χ2n) is 10.1. The van der Waals surface area contributed by atoms with Gasteiger partial charge in [0.2, 0.25) is 0 Å². The summed E-state index contributed by atoms with van der Waals surface area (Å²) in [6.07, 6.45) is 4.92. The van der Waals surface area contributed by atoms with E-state index in [0.29, 0.717) is 3.55 Å². The van der Waals surface area contributed by atoms with Gasteiger partial charge in [-0.3, -0.25) is 9.69 Å². The van der Waals surface area contributed by atoms with E-state index in [9.17, 15) is 4.79 Å². The van der Waals surface area contributed by atoms with Crippen LogP contribution < -0.4 is 0 Å². The summed E-state index contributed by atoms with van der Waals surface area (Å²) in [6.45, 7) is 4.85. The third-order valence-corrected chi connectivity index (χ3v) is 9.90. The molecule has 2 fully saturated rings. The molecule has 1 aromatic heterocycles. The topological polar surface area (TPSA) is 41.4 Å². The molecule has 0 spiro atoms. The van der Waals surface area contributed by atoms with Crippen molar-refractivity contribution in [3.63, 3.8) is 0 Å². The lowest BCUT2D eigenvalue weighted by Crippen LogP contribution is -2.49. The minimum absolute atomic E-state index is 0.125. The fourth-order valence-corrected chi connectivity index (χ4v) is 7.02. The van der Waals surface area contributed by atoms with E-state index >= 15 is 0 Å². The van der Waals surface area contributed by atoms with Gasteiger partial charge in [0, 0.05) is 38.3 Å². The number of amides is 1. The Bertz CT molecular complexity index is 1420. The first kappa shape index (κ1) is 23.0. The summed E-state index contributed by atoms with van der Waals surface area (Å²) >= 11 is 2.64. The molecule has 3 aromatic carbocycles. The van der Waals surface area contributed by atoms with Crippen molar-refractivity contribution in [3.05, 3.63) is 77.6 Å². The van der Waals surface area contributed by atoms with Crippen LogP contribution in [0.2, 0.25) is 0 Å². The van der Waals surface area contributed by atoms with Crippen LogP contribution in [0.3, 0.4) is 0 Å². The summed E-state index contributed by atoms with van der Waals surface area (Å²) in [7, 11) is 1.99. The Kier molecular flexibility index (Phi) is 5.84. The number of halogens is 1. The van der Waals surface area contributed by atoms with Crippen LogP contribution in [0.25, 0.3) is 21.8 Å². The molecule has 0 bridgehead atoms. The van der Waals surface area contributed by atoms with E-state index in [4.69, 9.17) is 4.98 Å². The normalized spacial score (nSPS) is 19.8. The average Bonchev–Trinajstić information content (AvgIpc) is 3.47. The number of para-hydroxylation sites is 2. The largest absolute Gasteiger partial charge is 0.337 e. The van der Waals surface area contributed by atoms with Gasteiger partial charge in [-0.05, 0) is 67.1 Å². The Hall–Kier alpha value is -2.45. The molecule has 6 heteroatoms. The predicted octanol–water partition coefficient (Wildman–Crippen LogP) is 6.01. The Labute approximate surface area is 220 Å². The Balaban J connectivity index is 1.30. The number of imidazole rings is 1. The lowest BCUT2D eigenvalue weighted by atomic mass is 9.92. The Morgan fingerprint density at radius 2 is 1.83 bits per heavy atom. The zero-order chi connectivity index (χ0) is 24.2. The molecule has 0 radical (unpaired) electrons. The van der Waals surface area contributed by atoms with E-state index < -0.39 is 0 Å². The first-order valence-electron chi connectivity index (χ1n) is 12.6. The monoisotopic (exact) mass is 578 g/mol. The quantitative estimate of drug-likeness (QED) is 0.166.